The zero-order chi connectivity index (χ0) is 13.5. The molecule has 0 spiro atoms. The van der Waals surface area contributed by atoms with Gasteiger partial charge in [-0.15, -0.1) is 0 Å². The van der Waals surface area contributed by atoms with Crippen LogP contribution >= 0.6 is 0 Å². The van der Waals surface area contributed by atoms with Crippen LogP contribution in [0.4, 0.5) is 5.69 Å². The van der Waals surface area contributed by atoms with E-state index in [2.05, 4.69) is 20.7 Å². The number of likely N-dealkylation sites (N-methyl/N-ethyl adjacent to an activating group) is 1. The van der Waals surface area contributed by atoms with Crippen LogP contribution in [0.25, 0.3) is 0 Å². The number of rotatable bonds is 6. The van der Waals surface area contributed by atoms with Crippen LogP contribution in [-0.2, 0) is 6.54 Å². The third-order valence-corrected chi connectivity index (χ3v) is 2.66. The summed E-state index contributed by atoms with van der Waals surface area (Å²) in [4.78, 5) is 15.8. The minimum atomic E-state index is -0.119. The molecule has 6 heteroatoms. The summed E-state index contributed by atoms with van der Waals surface area (Å²) in [5.74, 6) is 0. The Kier molecular flexibility index (Phi) is 4.63. The van der Waals surface area contributed by atoms with Crippen molar-refractivity contribution in [1.82, 2.24) is 20.1 Å². The van der Waals surface area contributed by atoms with Crippen LogP contribution < -0.4 is 16.2 Å². The predicted octanol–water partition coefficient (Wildman–Crippen LogP) is 0.318. The van der Waals surface area contributed by atoms with Gasteiger partial charge in [-0.1, -0.05) is 0 Å². The van der Waals surface area contributed by atoms with Crippen LogP contribution in [-0.4, -0.2) is 34.9 Å². The first-order valence-electron chi connectivity index (χ1n) is 6.14. The molecule has 0 unspecified atom stereocenters. The fourth-order valence-corrected chi connectivity index (χ4v) is 1.64. The molecule has 0 bridgehead atoms. The summed E-state index contributed by atoms with van der Waals surface area (Å²) < 4.78 is 1.43. The fourth-order valence-electron chi connectivity index (χ4n) is 1.64. The van der Waals surface area contributed by atoms with Crippen molar-refractivity contribution in [3.8, 4) is 0 Å². The van der Waals surface area contributed by atoms with Crippen LogP contribution in [0.15, 0.2) is 41.6 Å². The lowest BCUT2D eigenvalue weighted by molar-refractivity contribution is 0.639. The Morgan fingerprint density at radius 3 is 2.74 bits per heavy atom. The Bertz CT molecular complexity index is 567. The molecule has 0 saturated heterocycles. The molecular formula is C13H17N5O. The van der Waals surface area contributed by atoms with E-state index in [9.17, 15) is 4.79 Å². The number of nitrogens with zero attached hydrogens (tertiary/aromatic N) is 3. The maximum Gasteiger partial charge on any atom is 0.269 e. The summed E-state index contributed by atoms with van der Waals surface area (Å²) >= 11 is 0. The third-order valence-electron chi connectivity index (χ3n) is 2.66. The van der Waals surface area contributed by atoms with Crippen molar-refractivity contribution in [2.75, 3.05) is 25.5 Å². The van der Waals surface area contributed by atoms with Crippen molar-refractivity contribution in [2.24, 2.45) is 0 Å². The van der Waals surface area contributed by atoms with E-state index in [4.69, 9.17) is 0 Å². The third kappa shape index (κ3) is 3.89. The second-order valence-corrected chi connectivity index (χ2v) is 4.13. The van der Waals surface area contributed by atoms with E-state index in [1.165, 1.54) is 4.68 Å². The zero-order valence-corrected chi connectivity index (χ0v) is 10.8. The predicted molar refractivity (Wildman–Crippen MR) is 74.3 cm³/mol. The first kappa shape index (κ1) is 13.2. The first-order valence-corrected chi connectivity index (χ1v) is 6.14. The molecule has 0 radical (unpaired) electrons. The smallest absolute Gasteiger partial charge is 0.269 e. The van der Waals surface area contributed by atoms with E-state index in [-0.39, 0.29) is 5.56 Å². The Morgan fingerprint density at radius 2 is 2.05 bits per heavy atom. The van der Waals surface area contributed by atoms with Crippen LogP contribution in [0.1, 0.15) is 5.56 Å². The zero-order valence-electron chi connectivity index (χ0n) is 10.8. The normalized spacial score (nSPS) is 10.4. The molecule has 2 aromatic rings. The molecule has 6 nitrogen and oxygen atoms in total. The summed E-state index contributed by atoms with van der Waals surface area (Å²) in [5, 5.41) is 10.3. The highest BCUT2D eigenvalue weighted by Crippen LogP contribution is 2.01. The standard InChI is InChI=1S/C13H17N5O/c1-14-6-7-16-12-8-13(19)18(17-9-12)10-11-2-4-15-5-3-11/h2-5,8-9,14,16H,6-7,10H2,1H3. The summed E-state index contributed by atoms with van der Waals surface area (Å²) in [5.41, 5.74) is 1.62. The Balaban J connectivity index is 2.05. The Hall–Kier alpha value is -2.21. The van der Waals surface area contributed by atoms with Gasteiger partial charge in [0.15, 0.2) is 0 Å². The Labute approximate surface area is 111 Å². The molecule has 2 N–H and O–H groups in total. The topological polar surface area (TPSA) is 71.8 Å². The number of hydrogen-bond donors (Lipinski definition) is 2. The van der Waals surface area contributed by atoms with Gasteiger partial charge < -0.3 is 10.6 Å². The average Bonchev–Trinajstić information content (AvgIpc) is 2.43. The highest BCUT2D eigenvalue weighted by molar-refractivity contribution is 5.38. The molecule has 0 aliphatic carbocycles. The summed E-state index contributed by atoms with van der Waals surface area (Å²) in [6, 6.07) is 5.30. The average molecular weight is 259 g/mol. The van der Waals surface area contributed by atoms with Crippen molar-refractivity contribution >= 4 is 5.69 Å². The second-order valence-electron chi connectivity index (χ2n) is 4.13. The van der Waals surface area contributed by atoms with Gasteiger partial charge in [0.25, 0.3) is 5.56 Å². The lowest BCUT2D eigenvalue weighted by atomic mass is 10.3. The van der Waals surface area contributed by atoms with Crippen molar-refractivity contribution in [3.05, 3.63) is 52.7 Å². The maximum atomic E-state index is 11.9. The van der Waals surface area contributed by atoms with Crippen LogP contribution in [0.5, 0.6) is 0 Å². The highest BCUT2D eigenvalue weighted by atomic mass is 16.1. The van der Waals surface area contributed by atoms with Gasteiger partial charge in [0.1, 0.15) is 0 Å². The minimum absolute atomic E-state index is 0.119. The lowest BCUT2D eigenvalue weighted by Gasteiger charge is -2.07. The van der Waals surface area contributed by atoms with Gasteiger partial charge in [-0.05, 0) is 24.7 Å². The maximum absolute atomic E-state index is 11.9. The van der Waals surface area contributed by atoms with Gasteiger partial charge >= 0.3 is 0 Å². The number of hydrogen-bond acceptors (Lipinski definition) is 5. The van der Waals surface area contributed by atoms with Crippen LogP contribution in [0, 0.1) is 0 Å². The largest absolute Gasteiger partial charge is 0.382 e. The van der Waals surface area contributed by atoms with Crippen molar-refractivity contribution in [3.63, 3.8) is 0 Å². The lowest BCUT2D eigenvalue weighted by Crippen LogP contribution is -2.24. The summed E-state index contributed by atoms with van der Waals surface area (Å²) in [6.07, 6.45) is 5.07. The van der Waals surface area contributed by atoms with Gasteiger partial charge in [-0.2, -0.15) is 5.10 Å². The summed E-state index contributed by atoms with van der Waals surface area (Å²) in [7, 11) is 1.88. The molecule has 0 fully saturated rings. The van der Waals surface area contributed by atoms with Crippen molar-refractivity contribution in [2.45, 2.75) is 6.54 Å². The Morgan fingerprint density at radius 1 is 1.26 bits per heavy atom. The number of pyridine rings is 1. The molecule has 2 heterocycles. The molecule has 0 amide bonds. The molecular weight excluding hydrogens is 242 g/mol. The number of aromatic nitrogens is 3. The molecule has 0 aromatic carbocycles. The minimum Gasteiger partial charge on any atom is -0.382 e. The molecule has 100 valence electrons. The van der Waals surface area contributed by atoms with E-state index in [1.54, 1.807) is 24.7 Å². The van der Waals surface area contributed by atoms with Crippen LogP contribution in [0.3, 0.4) is 0 Å². The van der Waals surface area contributed by atoms with Gasteiger partial charge in [-0.3, -0.25) is 9.78 Å². The van der Waals surface area contributed by atoms with E-state index >= 15 is 0 Å². The van der Waals surface area contributed by atoms with E-state index in [1.807, 2.05) is 19.2 Å². The van der Waals surface area contributed by atoms with E-state index in [0.717, 1.165) is 24.3 Å². The van der Waals surface area contributed by atoms with Gasteiger partial charge in [0.05, 0.1) is 18.4 Å². The molecule has 19 heavy (non-hydrogen) atoms. The highest BCUT2D eigenvalue weighted by Gasteiger charge is 2.01. The molecule has 2 aromatic heterocycles. The van der Waals surface area contributed by atoms with Crippen molar-refractivity contribution < 1.29 is 0 Å². The summed E-state index contributed by atoms with van der Waals surface area (Å²) in [6.45, 7) is 2.05. The number of nitrogens with one attached hydrogen (secondary N) is 2. The van der Waals surface area contributed by atoms with Crippen molar-refractivity contribution in [1.29, 1.82) is 0 Å². The SMILES string of the molecule is CNCCNc1cnn(Cc2ccncc2)c(=O)c1. The molecule has 0 aliphatic heterocycles. The molecule has 0 aliphatic rings. The second kappa shape index (κ2) is 6.65. The first-order chi connectivity index (χ1) is 9.29. The molecule has 0 saturated carbocycles. The monoisotopic (exact) mass is 259 g/mol. The number of anilines is 1. The van der Waals surface area contributed by atoms with E-state index in [0.29, 0.717) is 6.54 Å². The molecule has 0 atom stereocenters. The fraction of sp³-hybridized carbons (Fsp3) is 0.308. The van der Waals surface area contributed by atoms with Crippen LogP contribution in [0.2, 0.25) is 0 Å². The van der Waals surface area contributed by atoms with Gasteiger partial charge in [0.2, 0.25) is 0 Å². The van der Waals surface area contributed by atoms with Gasteiger partial charge in [-0.25, -0.2) is 4.68 Å². The molecule has 2 rings (SSSR count). The van der Waals surface area contributed by atoms with Gasteiger partial charge in [0, 0.05) is 31.5 Å². The van der Waals surface area contributed by atoms with E-state index < -0.39 is 0 Å². The quantitative estimate of drug-likeness (QED) is 0.731.